The van der Waals surface area contributed by atoms with Crippen molar-refractivity contribution < 1.29 is 9.53 Å². The Balaban J connectivity index is 1.40. The van der Waals surface area contributed by atoms with Crippen LogP contribution in [-0.4, -0.2) is 64.9 Å². The normalized spacial score (nSPS) is 24.3. The molecule has 0 unspecified atom stereocenters. The molecule has 0 aliphatic carbocycles. The first kappa shape index (κ1) is 17.7. The highest BCUT2D eigenvalue weighted by Gasteiger charge is 2.42. The van der Waals surface area contributed by atoms with Gasteiger partial charge in [0, 0.05) is 49.7 Å². The van der Waals surface area contributed by atoms with Crippen LogP contribution in [0, 0.1) is 5.41 Å². The maximum absolute atomic E-state index is 12.8. The molecule has 4 rings (SSSR count). The zero-order valence-corrected chi connectivity index (χ0v) is 16.1. The standard InChI is InChI=1S/C19H26N4O2S/c1-21-6-4-16(20-21)11-18(24)23-8-9-25-15-19(14-23)5-7-22(13-19)12-17-3-2-10-26-17/h2-4,6,10H,5,7-9,11-15H2,1H3/t19-/m0/s1. The minimum atomic E-state index is 0.0630. The van der Waals surface area contributed by atoms with Gasteiger partial charge in [0.05, 0.1) is 25.3 Å². The second-order valence-electron chi connectivity index (χ2n) is 7.57. The van der Waals surface area contributed by atoms with Crippen molar-refractivity contribution in [3.8, 4) is 0 Å². The molecular formula is C19H26N4O2S. The van der Waals surface area contributed by atoms with Crippen LogP contribution in [0.5, 0.6) is 0 Å². The fourth-order valence-electron chi connectivity index (χ4n) is 4.06. The number of hydrogen-bond acceptors (Lipinski definition) is 5. The van der Waals surface area contributed by atoms with Crippen LogP contribution in [0.4, 0.5) is 0 Å². The van der Waals surface area contributed by atoms with E-state index in [0.717, 1.165) is 44.9 Å². The number of carbonyl (C=O) groups is 1. The van der Waals surface area contributed by atoms with Crippen LogP contribution in [0.1, 0.15) is 17.0 Å². The fraction of sp³-hybridized carbons (Fsp3) is 0.579. The highest BCUT2D eigenvalue weighted by molar-refractivity contribution is 7.09. The van der Waals surface area contributed by atoms with Gasteiger partial charge in [-0.15, -0.1) is 11.3 Å². The van der Waals surface area contributed by atoms with Crippen molar-refractivity contribution in [3.05, 3.63) is 40.3 Å². The Morgan fingerprint density at radius 3 is 3.04 bits per heavy atom. The maximum atomic E-state index is 12.8. The van der Waals surface area contributed by atoms with E-state index < -0.39 is 0 Å². The lowest BCUT2D eigenvalue weighted by atomic mass is 9.87. The van der Waals surface area contributed by atoms with Crippen LogP contribution >= 0.6 is 11.3 Å². The van der Waals surface area contributed by atoms with E-state index in [-0.39, 0.29) is 11.3 Å². The molecule has 0 bridgehead atoms. The third-order valence-electron chi connectivity index (χ3n) is 5.37. The molecule has 2 aliphatic rings. The van der Waals surface area contributed by atoms with Crippen molar-refractivity contribution in [2.24, 2.45) is 12.5 Å². The van der Waals surface area contributed by atoms with Crippen molar-refractivity contribution in [3.63, 3.8) is 0 Å². The van der Waals surface area contributed by atoms with E-state index in [1.54, 1.807) is 4.68 Å². The molecule has 26 heavy (non-hydrogen) atoms. The van der Waals surface area contributed by atoms with Crippen molar-refractivity contribution >= 4 is 17.2 Å². The number of thiophene rings is 1. The number of amides is 1. The molecule has 0 saturated carbocycles. The lowest BCUT2D eigenvalue weighted by Gasteiger charge is -2.32. The first-order chi connectivity index (χ1) is 12.6. The van der Waals surface area contributed by atoms with Crippen molar-refractivity contribution in [2.45, 2.75) is 19.4 Å². The monoisotopic (exact) mass is 374 g/mol. The molecule has 140 valence electrons. The Bertz CT molecular complexity index is 745. The number of nitrogens with zero attached hydrogens (tertiary/aromatic N) is 4. The Morgan fingerprint density at radius 2 is 2.27 bits per heavy atom. The Kier molecular flexibility index (Phi) is 5.11. The molecule has 2 fully saturated rings. The molecule has 4 heterocycles. The van der Waals surface area contributed by atoms with E-state index in [2.05, 4.69) is 27.5 Å². The van der Waals surface area contributed by atoms with Gasteiger partial charge in [-0.3, -0.25) is 14.4 Å². The van der Waals surface area contributed by atoms with Gasteiger partial charge in [-0.1, -0.05) is 6.07 Å². The van der Waals surface area contributed by atoms with Crippen molar-refractivity contribution in [2.75, 3.05) is 39.4 Å². The molecule has 1 spiro atoms. The summed E-state index contributed by atoms with van der Waals surface area (Å²) in [7, 11) is 1.88. The lowest BCUT2D eigenvalue weighted by molar-refractivity contribution is -0.131. The largest absolute Gasteiger partial charge is 0.379 e. The molecule has 0 N–H and O–H groups in total. The number of aromatic nitrogens is 2. The van der Waals surface area contributed by atoms with Gasteiger partial charge in [0.15, 0.2) is 0 Å². The molecule has 2 saturated heterocycles. The first-order valence-corrected chi connectivity index (χ1v) is 10.1. The van der Waals surface area contributed by atoms with Gasteiger partial charge in [0.1, 0.15) is 0 Å². The van der Waals surface area contributed by atoms with E-state index in [4.69, 9.17) is 4.74 Å². The SMILES string of the molecule is Cn1ccc(CC(=O)N2CCOC[C@]3(CCN(Cc4cccs4)C3)C2)n1. The summed E-state index contributed by atoms with van der Waals surface area (Å²) < 4.78 is 7.66. The molecule has 6 nitrogen and oxygen atoms in total. The first-order valence-electron chi connectivity index (χ1n) is 9.21. The van der Waals surface area contributed by atoms with Gasteiger partial charge < -0.3 is 9.64 Å². The second kappa shape index (κ2) is 7.50. The van der Waals surface area contributed by atoms with Crippen LogP contribution in [-0.2, 0) is 29.5 Å². The quantitative estimate of drug-likeness (QED) is 0.819. The molecule has 0 aromatic carbocycles. The van der Waals surface area contributed by atoms with Gasteiger partial charge in [0.25, 0.3) is 0 Å². The Morgan fingerprint density at radius 1 is 1.35 bits per heavy atom. The highest BCUT2D eigenvalue weighted by atomic mass is 32.1. The Labute approximate surface area is 158 Å². The summed E-state index contributed by atoms with van der Waals surface area (Å²) in [5.74, 6) is 0.158. The molecule has 2 aliphatic heterocycles. The summed E-state index contributed by atoms with van der Waals surface area (Å²) >= 11 is 1.81. The number of carbonyl (C=O) groups excluding carboxylic acids is 1. The van der Waals surface area contributed by atoms with Gasteiger partial charge in [0.2, 0.25) is 5.91 Å². The fourth-order valence-corrected chi connectivity index (χ4v) is 4.81. The second-order valence-corrected chi connectivity index (χ2v) is 8.60. The van der Waals surface area contributed by atoms with Gasteiger partial charge in [-0.05, 0) is 30.5 Å². The number of aryl methyl sites for hydroxylation is 1. The molecular weight excluding hydrogens is 348 g/mol. The lowest BCUT2D eigenvalue weighted by Crippen LogP contribution is -2.43. The van der Waals surface area contributed by atoms with Gasteiger partial charge in [-0.2, -0.15) is 5.10 Å². The smallest absolute Gasteiger partial charge is 0.228 e. The third kappa shape index (κ3) is 4.00. The predicted octanol–water partition coefficient (Wildman–Crippen LogP) is 1.78. The van der Waals surface area contributed by atoms with Crippen molar-refractivity contribution in [1.29, 1.82) is 0 Å². The predicted molar refractivity (Wildman–Crippen MR) is 101 cm³/mol. The Hall–Kier alpha value is -1.70. The summed E-state index contributed by atoms with van der Waals surface area (Å²) in [6, 6.07) is 6.22. The molecule has 1 amide bonds. The van der Waals surface area contributed by atoms with Gasteiger partial charge in [-0.25, -0.2) is 0 Å². The summed E-state index contributed by atoms with van der Waals surface area (Å²) in [6.45, 7) is 5.92. The summed E-state index contributed by atoms with van der Waals surface area (Å²) in [6.07, 6.45) is 3.34. The van der Waals surface area contributed by atoms with E-state index in [9.17, 15) is 4.79 Å². The number of rotatable bonds is 4. The molecule has 1 atom stereocenters. The zero-order valence-electron chi connectivity index (χ0n) is 15.3. The topological polar surface area (TPSA) is 50.6 Å². The van der Waals surface area contributed by atoms with E-state index in [1.807, 2.05) is 35.5 Å². The van der Waals surface area contributed by atoms with Crippen LogP contribution < -0.4 is 0 Å². The zero-order chi connectivity index (χ0) is 18.0. The van der Waals surface area contributed by atoms with E-state index >= 15 is 0 Å². The van der Waals surface area contributed by atoms with Gasteiger partial charge >= 0.3 is 0 Å². The molecule has 7 heteroatoms. The van der Waals surface area contributed by atoms with Crippen LogP contribution in [0.2, 0.25) is 0 Å². The average molecular weight is 375 g/mol. The van der Waals surface area contributed by atoms with E-state index in [1.165, 1.54) is 4.88 Å². The summed E-state index contributed by atoms with van der Waals surface area (Å²) in [4.78, 5) is 18.7. The number of ether oxygens (including phenoxy) is 1. The molecule has 0 radical (unpaired) electrons. The average Bonchev–Trinajstić information content (AvgIpc) is 3.31. The summed E-state index contributed by atoms with van der Waals surface area (Å²) in [5, 5.41) is 6.48. The third-order valence-corrected chi connectivity index (χ3v) is 6.23. The minimum Gasteiger partial charge on any atom is -0.379 e. The summed E-state index contributed by atoms with van der Waals surface area (Å²) in [5.41, 5.74) is 0.899. The highest BCUT2D eigenvalue weighted by Crippen LogP contribution is 2.34. The van der Waals surface area contributed by atoms with Crippen LogP contribution in [0.25, 0.3) is 0 Å². The van der Waals surface area contributed by atoms with Crippen LogP contribution in [0.15, 0.2) is 29.8 Å². The molecule has 2 aromatic rings. The van der Waals surface area contributed by atoms with Crippen molar-refractivity contribution in [1.82, 2.24) is 19.6 Å². The number of likely N-dealkylation sites (tertiary alicyclic amines) is 1. The minimum absolute atomic E-state index is 0.0630. The molecule has 2 aromatic heterocycles. The van der Waals surface area contributed by atoms with Crippen LogP contribution in [0.3, 0.4) is 0 Å². The number of hydrogen-bond donors (Lipinski definition) is 0. The maximum Gasteiger partial charge on any atom is 0.228 e. The van der Waals surface area contributed by atoms with E-state index in [0.29, 0.717) is 19.6 Å².